The van der Waals surface area contributed by atoms with Crippen LogP contribution in [0.5, 0.6) is 0 Å². The maximum absolute atomic E-state index is 12.0. The standard InChI is InChI=1S/C18H18N4O2S/c1-12(2)13-6-8-14(9-7-13)20-16(23)11-25-18-22-21-17(24-18)15-5-3-4-10-19-15/h3-10,12H,11H2,1-2H3,(H,20,23). The van der Waals surface area contributed by atoms with Crippen LogP contribution >= 0.6 is 11.8 Å². The molecule has 0 saturated carbocycles. The van der Waals surface area contributed by atoms with E-state index in [1.165, 1.54) is 17.3 Å². The third-order valence-corrected chi connectivity index (χ3v) is 4.30. The second kappa shape index (κ2) is 7.94. The SMILES string of the molecule is CC(C)c1ccc(NC(=O)CSc2nnc(-c3ccccn3)o2)cc1. The molecule has 0 atom stereocenters. The molecule has 3 rings (SSSR count). The van der Waals surface area contributed by atoms with Crippen LogP contribution in [0, 0.1) is 0 Å². The van der Waals surface area contributed by atoms with Gasteiger partial charge in [-0.3, -0.25) is 9.78 Å². The Morgan fingerprint density at radius 2 is 1.96 bits per heavy atom. The number of aromatic nitrogens is 3. The predicted octanol–water partition coefficient (Wildman–Crippen LogP) is 3.99. The number of benzene rings is 1. The third-order valence-electron chi connectivity index (χ3n) is 3.48. The normalized spacial score (nSPS) is 10.8. The van der Waals surface area contributed by atoms with Gasteiger partial charge >= 0.3 is 0 Å². The number of thioether (sulfide) groups is 1. The summed E-state index contributed by atoms with van der Waals surface area (Å²) in [6, 6.07) is 13.3. The van der Waals surface area contributed by atoms with Crippen LogP contribution in [0.3, 0.4) is 0 Å². The van der Waals surface area contributed by atoms with Crippen LogP contribution in [0.4, 0.5) is 5.69 Å². The van der Waals surface area contributed by atoms with Gasteiger partial charge in [0.05, 0.1) is 5.75 Å². The number of carbonyl (C=O) groups excluding carboxylic acids is 1. The highest BCUT2D eigenvalue weighted by Crippen LogP contribution is 2.22. The highest BCUT2D eigenvalue weighted by atomic mass is 32.2. The molecule has 7 heteroatoms. The lowest BCUT2D eigenvalue weighted by Crippen LogP contribution is -2.14. The quantitative estimate of drug-likeness (QED) is 0.674. The molecule has 0 spiro atoms. The zero-order valence-electron chi connectivity index (χ0n) is 14.0. The molecule has 1 aromatic carbocycles. The molecule has 0 bridgehead atoms. The van der Waals surface area contributed by atoms with Gasteiger partial charge in [-0.05, 0) is 35.7 Å². The summed E-state index contributed by atoms with van der Waals surface area (Å²) in [5.41, 5.74) is 2.62. The average molecular weight is 354 g/mol. The molecule has 0 aliphatic rings. The molecule has 2 heterocycles. The van der Waals surface area contributed by atoms with Gasteiger partial charge in [0.25, 0.3) is 11.1 Å². The van der Waals surface area contributed by atoms with Gasteiger partial charge in [-0.1, -0.05) is 43.8 Å². The largest absolute Gasteiger partial charge is 0.410 e. The first-order valence-corrected chi connectivity index (χ1v) is 8.88. The number of hydrogen-bond acceptors (Lipinski definition) is 6. The molecule has 2 aromatic heterocycles. The molecule has 0 saturated heterocycles. The average Bonchev–Trinajstić information content (AvgIpc) is 3.10. The van der Waals surface area contributed by atoms with Crippen molar-refractivity contribution in [2.45, 2.75) is 25.0 Å². The Morgan fingerprint density at radius 1 is 1.16 bits per heavy atom. The van der Waals surface area contributed by atoms with Crippen LogP contribution in [-0.2, 0) is 4.79 Å². The van der Waals surface area contributed by atoms with Gasteiger partial charge < -0.3 is 9.73 Å². The topological polar surface area (TPSA) is 80.9 Å². The number of nitrogens with zero attached hydrogens (tertiary/aromatic N) is 3. The van der Waals surface area contributed by atoms with Gasteiger partial charge in [0.1, 0.15) is 5.69 Å². The summed E-state index contributed by atoms with van der Waals surface area (Å²) in [7, 11) is 0. The first-order chi connectivity index (χ1) is 12.1. The Hall–Kier alpha value is -2.67. The zero-order valence-corrected chi connectivity index (χ0v) is 14.8. The van der Waals surface area contributed by atoms with Gasteiger partial charge in [-0.2, -0.15) is 0 Å². The van der Waals surface area contributed by atoms with Gasteiger partial charge in [0, 0.05) is 11.9 Å². The van der Waals surface area contributed by atoms with Crippen LogP contribution in [0.15, 0.2) is 58.3 Å². The molecule has 6 nitrogen and oxygen atoms in total. The molecular weight excluding hydrogens is 336 g/mol. The molecule has 128 valence electrons. The van der Waals surface area contributed by atoms with Crippen molar-refractivity contribution in [1.82, 2.24) is 15.2 Å². The van der Waals surface area contributed by atoms with E-state index in [1.807, 2.05) is 36.4 Å². The number of nitrogens with one attached hydrogen (secondary N) is 1. The number of anilines is 1. The summed E-state index contributed by atoms with van der Waals surface area (Å²) in [5, 5.41) is 11.1. The summed E-state index contributed by atoms with van der Waals surface area (Å²) in [6.07, 6.45) is 1.66. The zero-order chi connectivity index (χ0) is 17.6. The van der Waals surface area contributed by atoms with E-state index in [1.54, 1.807) is 12.3 Å². The van der Waals surface area contributed by atoms with E-state index in [-0.39, 0.29) is 11.7 Å². The Morgan fingerprint density at radius 3 is 2.64 bits per heavy atom. The lowest BCUT2D eigenvalue weighted by molar-refractivity contribution is -0.113. The number of carbonyl (C=O) groups is 1. The Kier molecular flexibility index (Phi) is 5.45. The summed E-state index contributed by atoms with van der Waals surface area (Å²) in [5.74, 6) is 0.870. The van der Waals surface area contributed by atoms with Crippen LogP contribution in [0.25, 0.3) is 11.6 Å². The minimum atomic E-state index is -0.125. The molecule has 0 fully saturated rings. The number of hydrogen-bond donors (Lipinski definition) is 1. The number of pyridine rings is 1. The van der Waals surface area contributed by atoms with E-state index in [9.17, 15) is 4.79 Å². The van der Waals surface area contributed by atoms with Gasteiger partial charge in [0.15, 0.2) is 0 Å². The van der Waals surface area contributed by atoms with E-state index in [4.69, 9.17) is 4.42 Å². The fraction of sp³-hybridized carbons (Fsp3) is 0.222. The Balaban J connectivity index is 1.53. The maximum Gasteiger partial charge on any atom is 0.277 e. The monoisotopic (exact) mass is 354 g/mol. The summed E-state index contributed by atoms with van der Waals surface area (Å²) in [6.45, 7) is 4.27. The highest BCUT2D eigenvalue weighted by molar-refractivity contribution is 7.99. The second-order valence-corrected chi connectivity index (χ2v) is 6.63. The molecule has 0 aliphatic heterocycles. The highest BCUT2D eigenvalue weighted by Gasteiger charge is 2.12. The predicted molar refractivity (Wildman–Crippen MR) is 97.4 cm³/mol. The number of rotatable bonds is 6. The summed E-state index contributed by atoms with van der Waals surface area (Å²) >= 11 is 1.19. The van der Waals surface area contributed by atoms with Crippen LogP contribution in [0.1, 0.15) is 25.3 Å². The molecule has 25 heavy (non-hydrogen) atoms. The molecule has 1 N–H and O–H groups in total. The minimum absolute atomic E-state index is 0.125. The molecular formula is C18H18N4O2S. The molecule has 3 aromatic rings. The van der Waals surface area contributed by atoms with Crippen LogP contribution in [0.2, 0.25) is 0 Å². The van der Waals surface area contributed by atoms with Crippen molar-refractivity contribution in [1.29, 1.82) is 0 Å². The first-order valence-electron chi connectivity index (χ1n) is 7.89. The number of amides is 1. The molecule has 0 unspecified atom stereocenters. The minimum Gasteiger partial charge on any atom is -0.410 e. The Bertz CT molecular complexity index is 832. The second-order valence-electron chi connectivity index (χ2n) is 5.70. The van der Waals surface area contributed by atoms with Crippen molar-refractivity contribution in [2.75, 3.05) is 11.1 Å². The smallest absolute Gasteiger partial charge is 0.277 e. The maximum atomic E-state index is 12.0. The van der Waals surface area contributed by atoms with Gasteiger partial charge in [-0.25, -0.2) is 0 Å². The van der Waals surface area contributed by atoms with E-state index < -0.39 is 0 Å². The summed E-state index contributed by atoms with van der Waals surface area (Å²) in [4.78, 5) is 16.2. The van der Waals surface area contributed by atoms with Crippen LogP contribution < -0.4 is 5.32 Å². The van der Waals surface area contributed by atoms with Gasteiger partial charge in [0.2, 0.25) is 5.91 Å². The van der Waals surface area contributed by atoms with Crippen molar-refractivity contribution >= 4 is 23.4 Å². The van der Waals surface area contributed by atoms with E-state index >= 15 is 0 Å². The van der Waals surface area contributed by atoms with E-state index in [2.05, 4.69) is 34.3 Å². The molecule has 0 radical (unpaired) electrons. The van der Waals surface area contributed by atoms with Gasteiger partial charge in [-0.15, -0.1) is 10.2 Å². The van der Waals surface area contributed by atoms with Crippen molar-refractivity contribution in [3.05, 3.63) is 54.2 Å². The lowest BCUT2D eigenvalue weighted by atomic mass is 10.0. The fourth-order valence-electron chi connectivity index (χ4n) is 2.14. The lowest BCUT2D eigenvalue weighted by Gasteiger charge is -2.07. The van der Waals surface area contributed by atoms with Crippen LogP contribution in [-0.4, -0.2) is 26.8 Å². The van der Waals surface area contributed by atoms with E-state index in [0.717, 1.165) is 5.69 Å². The fourth-order valence-corrected chi connectivity index (χ4v) is 2.70. The van der Waals surface area contributed by atoms with Crippen molar-refractivity contribution in [3.63, 3.8) is 0 Å². The third kappa shape index (κ3) is 4.67. The van der Waals surface area contributed by atoms with Crippen molar-refractivity contribution in [2.24, 2.45) is 0 Å². The molecule has 1 amide bonds. The van der Waals surface area contributed by atoms with Crippen molar-refractivity contribution in [3.8, 4) is 11.6 Å². The van der Waals surface area contributed by atoms with Crippen molar-refractivity contribution < 1.29 is 9.21 Å². The van der Waals surface area contributed by atoms with E-state index in [0.29, 0.717) is 22.7 Å². The Labute approximate surface area is 150 Å². The summed E-state index contributed by atoms with van der Waals surface area (Å²) < 4.78 is 5.51. The first kappa shape index (κ1) is 17.2. The molecule has 0 aliphatic carbocycles.